The van der Waals surface area contributed by atoms with Crippen molar-refractivity contribution in [3.05, 3.63) is 111 Å². The number of benzene rings is 3. The molecule has 0 N–H and O–H groups in total. The van der Waals surface area contributed by atoms with E-state index in [2.05, 4.69) is 110 Å². The standard InChI is InChI=1S/C18H15P.C6H9.C5H10.C2H4.Ru/c1-4-10-16(11-5-1)19(17-12-6-2-7-13-17)18-14-8-3-9-15-18;1-5-6(2,3)4;1-2-4-5-3-1;1-2;/h1-15H;2-4H3;1-5H2;1-2H2;/q;-1;;;+2. The van der Waals surface area contributed by atoms with Crippen LogP contribution in [-0.2, 0) is 19.5 Å². The van der Waals surface area contributed by atoms with Gasteiger partial charge >= 0.3 is 19.5 Å². The number of hydrogen-bond donors (Lipinski definition) is 0. The van der Waals surface area contributed by atoms with Gasteiger partial charge in [-0.2, -0.15) is 0 Å². The van der Waals surface area contributed by atoms with Crippen LogP contribution < -0.4 is 15.9 Å². The van der Waals surface area contributed by atoms with Crippen molar-refractivity contribution in [2.24, 2.45) is 5.41 Å². The molecular weight excluding hydrogens is 504 g/mol. The minimum atomic E-state index is -0.446. The second kappa shape index (κ2) is 18.4. The Morgan fingerprint density at radius 3 is 1.00 bits per heavy atom. The van der Waals surface area contributed by atoms with Crippen LogP contribution in [0.2, 0.25) is 0 Å². The number of rotatable bonds is 3. The average molecular weight is 543 g/mol. The molecule has 33 heavy (non-hydrogen) atoms. The monoisotopic (exact) mass is 543 g/mol. The fourth-order valence-corrected chi connectivity index (χ4v) is 5.37. The maximum Gasteiger partial charge on any atom is 2.00 e. The van der Waals surface area contributed by atoms with Gasteiger partial charge in [0.25, 0.3) is 0 Å². The van der Waals surface area contributed by atoms with Gasteiger partial charge in [0.05, 0.1) is 0 Å². The third-order valence-electron chi connectivity index (χ3n) is 4.67. The van der Waals surface area contributed by atoms with E-state index in [4.69, 9.17) is 6.42 Å². The summed E-state index contributed by atoms with van der Waals surface area (Å²) in [4.78, 5) is 0. The summed E-state index contributed by atoms with van der Waals surface area (Å²) in [6.45, 7) is 11.8. The van der Waals surface area contributed by atoms with E-state index in [9.17, 15) is 0 Å². The van der Waals surface area contributed by atoms with E-state index in [1.54, 1.807) is 0 Å². The van der Waals surface area contributed by atoms with E-state index < -0.39 is 7.92 Å². The summed E-state index contributed by atoms with van der Waals surface area (Å²) in [5.74, 6) is 2.35. The van der Waals surface area contributed by atoms with Crippen LogP contribution >= 0.6 is 7.92 Å². The first-order chi connectivity index (χ1) is 15.5. The SMILES string of the molecule is C1CCCC1.C=C.[C-]#CC(C)(C)C.[Ru+2].c1ccc(P(c2ccccc2)c2ccccc2)cc1. The Morgan fingerprint density at radius 1 is 0.606 bits per heavy atom. The Labute approximate surface area is 217 Å². The van der Waals surface area contributed by atoms with Crippen molar-refractivity contribution in [1.29, 1.82) is 0 Å². The van der Waals surface area contributed by atoms with Crippen molar-refractivity contribution >= 4 is 23.8 Å². The molecule has 3 aromatic carbocycles. The van der Waals surface area contributed by atoms with E-state index in [-0.39, 0.29) is 24.9 Å². The molecule has 1 fully saturated rings. The van der Waals surface area contributed by atoms with Gasteiger partial charge in [0.15, 0.2) is 0 Å². The second-order valence-corrected chi connectivity index (χ2v) is 10.7. The van der Waals surface area contributed by atoms with Gasteiger partial charge in [-0.1, -0.05) is 144 Å². The van der Waals surface area contributed by atoms with E-state index in [1.807, 2.05) is 20.8 Å². The molecule has 0 radical (unpaired) electrons. The van der Waals surface area contributed by atoms with E-state index >= 15 is 0 Å². The Bertz CT molecular complexity index is 771. The third kappa shape index (κ3) is 13.3. The van der Waals surface area contributed by atoms with Gasteiger partial charge in [-0.05, 0) is 29.3 Å². The molecule has 3 aromatic rings. The van der Waals surface area contributed by atoms with Crippen molar-refractivity contribution in [2.75, 3.05) is 0 Å². The fourth-order valence-electron chi connectivity index (χ4n) is 3.06. The predicted octanol–water partition coefficient (Wildman–Crippen LogP) is 7.82. The molecule has 0 unspecified atom stereocenters. The Morgan fingerprint density at radius 2 is 0.818 bits per heavy atom. The van der Waals surface area contributed by atoms with Crippen molar-refractivity contribution in [3.63, 3.8) is 0 Å². The van der Waals surface area contributed by atoms with Gasteiger partial charge in [0, 0.05) is 0 Å². The van der Waals surface area contributed by atoms with Crippen molar-refractivity contribution in [1.82, 2.24) is 0 Å². The van der Waals surface area contributed by atoms with Crippen LogP contribution in [0.4, 0.5) is 0 Å². The van der Waals surface area contributed by atoms with Gasteiger partial charge in [-0.15, -0.1) is 13.2 Å². The maximum atomic E-state index is 6.60. The van der Waals surface area contributed by atoms with E-state index in [0.717, 1.165) is 0 Å². The summed E-state index contributed by atoms with van der Waals surface area (Å²) in [6.07, 6.45) is 14.1. The third-order valence-corrected chi connectivity index (χ3v) is 7.11. The molecule has 1 aliphatic carbocycles. The number of hydrogen-bond acceptors (Lipinski definition) is 0. The quantitative estimate of drug-likeness (QED) is 0.104. The second-order valence-electron chi connectivity index (χ2n) is 8.48. The Kier molecular flexibility index (Phi) is 17.3. The van der Waals surface area contributed by atoms with Gasteiger partial charge < -0.3 is 12.3 Å². The molecule has 1 saturated carbocycles. The molecule has 0 atom stereocenters. The zero-order valence-electron chi connectivity index (χ0n) is 20.4. The molecule has 0 heterocycles. The average Bonchev–Trinajstić information content (AvgIpc) is 3.43. The fraction of sp³-hybridized carbons (Fsp3) is 0.290. The molecule has 2 heteroatoms. The Balaban J connectivity index is 0.000000607. The molecule has 0 saturated heterocycles. The summed E-state index contributed by atoms with van der Waals surface area (Å²) >= 11 is 0. The summed E-state index contributed by atoms with van der Waals surface area (Å²) in [5, 5.41) is 4.19. The minimum Gasteiger partial charge on any atom is -0.693 e. The zero-order valence-corrected chi connectivity index (χ0v) is 23.0. The normalized spacial score (nSPS) is 11.7. The molecular formula is C31H38PRu+. The maximum absolute atomic E-state index is 6.60. The summed E-state index contributed by atoms with van der Waals surface area (Å²) in [7, 11) is -0.446. The van der Waals surface area contributed by atoms with Gasteiger partial charge in [-0.25, -0.2) is 0 Å². The van der Waals surface area contributed by atoms with E-state index in [1.165, 1.54) is 48.0 Å². The predicted molar refractivity (Wildman–Crippen MR) is 146 cm³/mol. The molecule has 0 aliphatic heterocycles. The van der Waals surface area contributed by atoms with Gasteiger partial charge in [0.1, 0.15) is 0 Å². The van der Waals surface area contributed by atoms with Crippen LogP contribution in [0, 0.1) is 17.8 Å². The summed E-state index contributed by atoms with van der Waals surface area (Å²) in [6, 6.07) is 32.3. The van der Waals surface area contributed by atoms with Crippen LogP contribution in [0.25, 0.3) is 0 Å². The molecule has 0 bridgehead atoms. The largest absolute Gasteiger partial charge is 2.00 e. The van der Waals surface area contributed by atoms with Gasteiger partial charge in [-0.3, -0.25) is 0 Å². The smallest absolute Gasteiger partial charge is 0.693 e. The summed E-state index contributed by atoms with van der Waals surface area (Å²) < 4.78 is 0. The van der Waals surface area contributed by atoms with Crippen molar-refractivity contribution in [3.8, 4) is 5.92 Å². The Hall–Kier alpha value is -1.99. The van der Waals surface area contributed by atoms with Crippen LogP contribution in [-0.4, -0.2) is 0 Å². The molecule has 4 rings (SSSR count). The molecule has 0 nitrogen and oxygen atoms in total. The first kappa shape index (κ1) is 31.0. The summed E-state index contributed by atoms with van der Waals surface area (Å²) in [5.41, 5.74) is -0.0417. The molecule has 0 amide bonds. The molecule has 174 valence electrons. The van der Waals surface area contributed by atoms with Crippen molar-refractivity contribution in [2.45, 2.75) is 52.9 Å². The van der Waals surface area contributed by atoms with Crippen LogP contribution in [0.5, 0.6) is 0 Å². The van der Waals surface area contributed by atoms with Crippen molar-refractivity contribution < 1.29 is 19.5 Å². The molecule has 1 aliphatic rings. The topological polar surface area (TPSA) is 0 Å². The molecule has 0 spiro atoms. The minimum absolute atomic E-state index is 0. The van der Waals surface area contributed by atoms with Crippen LogP contribution in [0.1, 0.15) is 52.9 Å². The van der Waals surface area contributed by atoms with Gasteiger partial charge in [0.2, 0.25) is 0 Å². The van der Waals surface area contributed by atoms with E-state index in [0.29, 0.717) is 0 Å². The van der Waals surface area contributed by atoms with Crippen LogP contribution in [0.15, 0.2) is 104 Å². The van der Waals surface area contributed by atoms with Crippen LogP contribution in [0.3, 0.4) is 0 Å². The zero-order chi connectivity index (χ0) is 23.7. The first-order valence-electron chi connectivity index (χ1n) is 11.4. The first-order valence-corrected chi connectivity index (χ1v) is 12.7. The molecule has 0 aromatic heterocycles.